The summed E-state index contributed by atoms with van der Waals surface area (Å²) in [6.45, 7) is 6.56. The number of aromatic hydroxyl groups is 1. The predicted octanol–water partition coefficient (Wildman–Crippen LogP) is 4.85. The van der Waals surface area contributed by atoms with Crippen LogP contribution in [0.15, 0.2) is 43.2 Å². The highest BCUT2D eigenvalue weighted by Crippen LogP contribution is 2.42. The minimum atomic E-state index is 0. The summed E-state index contributed by atoms with van der Waals surface area (Å²) >= 11 is 0. The molecule has 0 atom stereocenters. The largest absolute Gasteiger partial charge is 0.504 e. The molecule has 3 aromatic rings. The van der Waals surface area contributed by atoms with Gasteiger partial charge in [-0.05, 0) is 47.7 Å². The number of aromatic nitrogens is 1. The van der Waals surface area contributed by atoms with Crippen molar-refractivity contribution in [2.45, 2.75) is 6.92 Å². The first kappa shape index (κ1) is 22.2. The highest BCUT2D eigenvalue weighted by molar-refractivity contribution is 6.00. The Labute approximate surface area is 176 Å². The Morgan fingerprint density at radius 1 is 0.966 bits per heavy atom. The summed E-state index contributed by atoms with van der Waals surface area (Å²) in [6, 6.07) is 7.29. The lowest BCUT2D eigenvalue weighted by atomic mass is 9.95. The molecule has 1 aromatic heterocycles. The number of methoxy groups -OCH3 is 3. The summed E-state index contributed by atoms with van der Waals surface area (Å²) in [4.78, 5) is 4.28. The first-order chi connectivity index (χ1) is 13.5. The molecule has 0 aliphatic carbocycles. The Hall–Kier alpha value is -3.12. The highest BCUT2D eigenvalue weighted by atomic mass is 35.5. The van der Waals surface area contributed by atoms with E-state index in [9.17, 15) is 5.11 Å². The van der Waals surface area contributed by atoms with Crippen LogP contribution in [-0.4, -0.2) is 38.0 Å². The summed E-state index contributed by atoms with van der Waals surface area (Å²) < 4.78 is 21.7. The zero-order valence-corrected chi connectivity index (χ0v) is 17.6. The molecule has 3 rings (SSSR count). The van der Waals surface area contributed by atoms with Gasteiger partial charge in [-0.25, -0.2) is 0 Å². The smallest absolute Gasteiger partial charge is 0.203 e. The zero-order valence-electron chi connectivity index (χ0n) is 16.8. The van der Waals surface area contributed by atoms with Crippen LogP contribution in [0.5, 0.6) is 28.7 Å². The van der Waals surface area contributed by atoms with Crippen molar-refractivity contribution >= 4 is 28.8 Å². The molecule has 154 valence electrons. The van der Waals surface area contributed by atoms with Gasteiger partial charge in [-0.3, -0.25) is 4.98 Å². The van der Waals surface area contributed by atoms with Crippen LogP contribution >= 0.6 is 12.4 Å². The van der Waals surface area contributed by atoms with E-state index in [0.717, 1.165) is 16.5 Å². The molecule has 1 heterocycles. The molecule has 0 radical (unpaired) electrons. The van der Waals surface area contributed by atoms with Gasteiger partial charge in [0.25, 0.3) is 0 Å². The average molecular weight is 418 g/mol. The van der Waals surface area contributed by atoms with E-state index in [1.165, 1.54) is 0 Å². The van der Waals surface area contributed by atoms with Gasteiger partial charge < -0.3 is 24.1 Å². The molecule has 0 aliphatic rings. The SMILES string of the molecule is C=C(c1cc(OC)c(OC)c(OC)c1)c1cncc2c(O)c(OCC)ccc12.Cl. The third kappa shape index (κ3) is 4.03. The standard InChI is InChI=1S/C22H23NO5.ClH/c1-6-28-18-8-7-15-16(11-23-12-17(15)21(18)24)13(2)14-9-19(25-3)22(27-5)20(10-14)26-4;/h7-12,24H,2,6H2,1,3-5H3;1H. The van der Waals surface area contributed by atoms with Crippen LogP contribution < -0.4 is 18.9 Å². The molecule has 0 saturated carbocycles. The van der Waals surface area contributed by atoms with E-state index in [1.54, 1.807) is 39.8 Å². The lowest BCUT2D eigenvalue weighted by Gasteiger charge is -2.16. The minimum Gasteiger partial charge on any atom is -0.504 e. The van der Waals surface area contributed by atoms with Gasteiger partial charge in [0, 0.05) is 23.3 Å². The fourth-order valence-electron chi connectivity index (χ4n) is 3.13. The molecule has 0 unspecified atom stereocenters. The number of nitrogens with zero attached hydrogens (tertiary/aromatic N) is 1. The number of hydrogen-bond donors (Lipinski definition) is 1. The minimum absolute atomic E-state index is 0. The van der Waals surface area contributed by atoms with Crippen molar-refractivity contribution in [2.75, 3.05) is 27.9 Å². The number of fused-ring (bicyclic) bond motifs is 1. The molecule has 1 N–H and O–H groups in total. The Kier molecular flexibility index (Phi) is 7.18. The molecule has 0 saturated heterocycles. The Morgan fingerprint density at radius 2 is 1.62 bits per heavy atom. The molecule has 0 bridgehead atoms. The molecule has 6 nitrogen and oxygen atoms in total. The second-order valence-electron chi connectivity index (χ2n) is 6.02. The molecular weight excluding hydrogens is 394 g/mol. The third-order valence-electron chi connectivity index (χ3n) is 4.52. The van der Waals surface area contributed by atoms with E-state index in [2.05, 4.69) is 11.6 Å². The predicted molar refractivity (Wildman–Crippen MR) is 116 cm³/mol. The van der Waals surface area contributed by atoms with Crippen LogP contribution in [0.2, 0.25) is 0 Å². The van der Waals surface area contributed by atoms with Gasteiger partial charge in [0.15, 0.2) is 23.0 Å². The molecule has 0 spiro atoms. The van der Waals surface area contributed by atoms with Crippen LogP contribution in [0, 0.1) is 0 Å². The van der Waals surface area contributed by atoms with Crippen LogP contribution in [-0.2, 0) is 0 Å². The van der Waals surface area contributed by atoms with Gasteiger partial charge in [-0.2, -0.15) is 0 Å². The topological polar surface area (TPSA) is 70.0 Å². The normalized spacial score (nSPS) is 10.2. The number of benzene rings is 2. The van der Waals surface area contributed by atoms with E-state index < -0.39 is 0 Å². The van der Waals surface area contributed by atoms with Crippen molar-refractivity contribution in [2.24, 2.45) is 0 Å². The van der Waals surface area contributed by atoms with Crippen molar-refractivity contribution < 1.29 is 24.1 Å². The number of rotatable bonds is 7. The molecule has 2 aromatic carbocycles. The second kappa shape index (κ2) is 9.39. The van der Waals surface area contributed by atoms with Gasteiger partial charge >= 0.3 is 0 Å². The van der Waals surface area contributed by atoms with Gasteiger partial charge in [-0.1, -0.05) is 6.58 Å². The van der Waals surface area contributed by atoms with Gasteiger partial charge in [0.2, 0.25) is 5.75 Å². The molecule has 0 fully saturated rings. The van der Waals surface area contributed by atoms with Crippen molar-refractivity contribution in [1.82, 2.24) is 4.98 Å². The van der Waals surface area contributed by atoms with Crippen molar-refractivity contribution in [1.29, 1.82) is 0 Å². The summed E-state index contributed by atoms with van der Waals surface area (Å²) in [5, 5.41) is 11.9. The van der Waals surface area contributed by atoms with E-state index >= 15 is 0 Å². The third-order valence-corrected chi connectivity index (χ3v) is 4.52. The number of phenols is 1. The lowest BCUT2D eigenvalue weighted by Crippen LogP contribution is -1.98. The number of halogens is 1. The first-order valence-electron chi connectivity index (χ1n) is 8.77. The monoisotopic (exact) mass is 417 g/mol. The fourth-order valence-corrected chi connectivity index (χ4v) is 3.13. The number of phenolic OH excluding ortho intramolecular Hbond substituents is 1. The molecule has 29 heavy (non-hydrogen) atoms. The van der Waals surface area contributed by atoms with E-state index in [0.29, 0.717) is 40.6 Å². The van der Waals surface area contributed by atoms with Gasteiger partial charge in [-0.15, -0.1) is 12.4 Å². The molecule has 0 amide bonds. The van der Waals surface area contributed by atoms with Gasteiger partial charge in [0.1, 0.15) is 0 Å². The van der Waals surface area contributed by atoms with E-state index in [-0.39, 0.29) is 18.2 Å². The molecule has 7 heteroatoms. The Bertz CT molecular complexity index is 1010. The summed E-state index contributed by atoms with van der Waals surface area (Å²) in [7, 11) is 4.69. The van der Waals surface area contributed by atoms with Crippen molar-refractivity contribution in [3.05, 3.63) is 54.4 Å². The number of pyridine rings is 1. The lowest BCUT2D eigenvalue weighted by molar-refractivity contribution is 0.320. The van der Waals surface area contributed by atoms with Crippen LogP contribution in [0.1, 0.15) is 18.1 Å². The van der Waals surface area contributed by atoms with Crippen molar-refractivity contribution in [3.63, 3.8) is 0 Å². The Balaban J connectivity index is 0.00000300. The van der Waals surface area contributed by atoms with Crippen LogP contribution in [0.4, 0.5) is 0 Å². The maximum Gasteiger partial charge on any atom is 0.203 e. The summed E-state index contributed by atoms with van der Waals surface area (Å²) in [5.74, 6) is 2.07. The van der Waals surface area contributed by atoms with Crippen LogP contribution in [0.25, 0.3) is 16.3 Å². The van der Waals surface area contributed by atoms with E-state index in [4.69, 9.17) is 18.9 Å². The maximum atomic E-state index is 10.5. The second-order valence-corrected chi connectivity index (χ2v) is 6.02. The fraction of sp³-hybridized carbons (Fsp3) is 0.227. The first-order valence-corrected chi connectivity index (χ1v) is 8.77. The van der Waals surface area contributed by atoms with Crippen LogP contribution in [0.3, 0.4) is 0 Å². The van der Waals surface area contributed by atoms with E-state index in [1.807, 2.05) is 25.1 Å². The molecule has 0 aliphatic heterocycles. The molecular formula is C22H24ClNO5. The van der Waals surface area contributed by atoms with Gasteiger partial charge in [0.05, 0.1) is 27.9 Å². The number of ether oxygens (including phenoxy) is 4. The number of hydrogen-bond acceptors (Lipinski definition) is 6. The average Bonchev–Trinajstić information content (AvgIpc) is 2.73. The quantitative estimate of drug-likeness (QED) is 0.592. The maximum absolute atomic E-state index is 10.5. The highest BCUT2D eigenvalue weighted by Gasteiger charge is 2.18. The summed E-state index contributed by atoms with van der Waals surface area (Å²) in [5.41, 5.74) is 2.28. The zero-order chi connectivity index (χ0) is 20.3. The summed E-state index contributed by atoms with van der Waals surface area (Å²) in [6.07, 6.45) is 3.33. The van der Waals surface area contributed by atoms with Crippen molar-refractivity contribution in [3.8, 4) is 28.7 Å². The Morgan fingerprint density at radius 3 is 2.17 bits per heavy atom.